The number of aryl methyl sites for hydroxylation is 1. The zero-order chi connectivity index (χ0) is 19.3. The van der Waals surface area contributed by atoms with Gasteiger partial charge >= 0.3 is 0 Å². The number of aromatic nitrogens is 2. The zero-order valence-corrected chi connectivity index (χ0v) is 17.3. The molecule has 156 valence electrons. The smallest absolute Gasteiger partial charge is 0.236 e. The van der Waals surface area contributed by atoms with E-state index >= 15 is 0 Å². The highest BCUT2D eigenvalue weighted by Crippen LogP contribution is 2.18. The Morgan fingerprint density at radius 3 is 2.83 bits per heavy atom. The first-order chi connectivity index (χ1) is 13.7. The van der Waals surface area contributed by atoms with Gasteiger partial charge in [-0.05, 0) is 37.0 Å². The maximum atomic E-state index is 12.7. The number of amides is 2. The highest BCUT2D eigenvalue weighted by Gasteiger charge is 2.31. The molecule has 2 amide bonds. The number of rotatable bonds is 5. The number of nitrogens with zero attached hydrogens (tertiary/aromatic N) is 4. The summed E-state index contributed by atoms with van der Waals surface area (Å²) in [6.07, 6.45) is 6.92. The normalized spacial score (nSPS) is 19.7. The van der Waals surface area contributed by atoms with E-state index in [1.54, 1.807) is 0 Å². The van der Waals surface area contributed by atoms with Gasteiger partial charge in [-0.25, -0.2) is 4.68 Å². The second kappa shape index (κ2) is 9.89. The Hall–Kier alpha value is -2.38. The predicted octanol–water partition coefficient (Wildman–Crippen LogP) is 1.65. The monoisotopic (exact) mass is 417 g/mol. The van der Waals surface area contributed by atoms with Gasteiger partial charge in [0.15, 0.2) is 0 Å². The molecule has 0 spiro atoms. The Morgan fingerprint density at radius 1 is 1.21 bits per heavy atom. The van der Waals surface area contributed by atoms with Gasteiger partial charge in [0.2, 0.25) is 11.8 Å². The molecule has 7 nitrogen and oxygen atoms in total. The number of piperidine rings is 1. The molecular weight excluding hydrogens is 390 g/mol. The van der Waals surface area contributed by atoms with Crippen LogP contribution in [0.4, 0.5) is 0 Å². The zero-order valence-electron chi connectivity index (χ0n) is 16.5. The summed E-state index contributed by atoms with van der Waals surface area (Å²) >= 11 is 0. The molecule has 2 aliphatic rings. The number of piperazine rings is 1. The Kier molecular flexibility index (Phi) is 7.28. The second-order valence-corrected chi connectivity index (χ2v) is 7.53. The second-order valence-electron chi connectivity index (χ2n) is 7.53. The van der Waals surface area contributed by atoms with Crippen LogP contribution in [0.2, 0.25) is 0 Å². The summed E-state index contributed by atoms with van der Waals surface area (Å²) in [5.41, 5.74) is 2.07. The Balaban J connectivity index is 0.00000240. The van der Waals surface area contributed by atoms with Crippen molar-refractivity contribution in [3.05, 3.63) is 48.3 Å². The maximum absolute atomic E-state index is 12.7. The van der Waals surface area contributed by atoms with E-state index in [9.17, 15) is 9.59 Å². The van der Waals surface area contributed by atoms with Crippen molar-refractivity contribution in [1.82, 2.24) is 24.9 Å². The maximum Gasteiger partial charge on any atom is 0.236 e. The molecule has 2 aliphatic heterocycles. The van der Waals surface area contributed by atoms with Crippen LogP contribution in [-0.4, -0.2) is 70.2 Å². The number of halogens is 1. The summed E-state index contributed by atoms with van der Waals surface area (Å²) in [6, 6.07) is 10.1. The number of hydrogen-bond donors (Lipinski definition) is 1. The van der Waals surface area contributed by atoms with E-state index in [0.29, 0.717) is 25.9 Å². The number of carbonyl (C=O) groups is 2. The summed E-state index contributed by atoms with van der Waals surface area (Å²) in [4.78, 5) is 28.8. The van der Waals surface area contributed by atoms with Gasteiger partial charge in [-0.3, -0.25) is 9.59 Å². The van der Waals surface area contributed by atoms with Gasteiger partial charge in [-0.15, -0.1) is 12.4 Å². The van der Waals surface area contributed by atoms with Gasteiger partial charge in [-0.1, -0.05) is 18.2 Å². The van der Waals surface area contributed by atoms with Crippen LogP contribution in [-0.2, 0) is 16.0 Å². The van der Waals surface area contributed by atoms with Crippen molar-refractivity contribution in [3.63, 3.8) is 0 Å². The third kappa shape index (κ3) is 5.16. The van der Waals surface area contributed by atoms with E-state index in [0.717, 1.165) is 43.7 Å². The number of likely N-dealkylation sites (tertiary alicyclic amines) is 1. The topological polar surface area (TPSA) is 70.5 Å². The lowest BCUT2D eigenvalue weighted by atomic mass is 10.0. The van der Waals surface area contributed by atoms with E-state index < -0.39 is 0 Å². The molecule has 1 unspecified atom stereocenters. The Bertz CT molecular complexity index is 825. The number of carbonyl (C=O) groups excluding carboxylic acids is 2. The number of para-hydroxylation sites is 1. The van der Waals surface area contributed by atoms with E-state index in [1.807, 2.05) is 57.2 Å². The molecule has 1 atom stereocenters. The van der Waals surface area contributed by atoms with E-state index in [-0.39, 0.29) is 30.3 Å². The fourth-order valence-electron chi connectivity index (χ4n) is 4.06. The van der Waals surface area contributed by atoms with E-state index in [1.165, 1.54) is 0 Å². The molecule has 2 fully saturated rings. The number of nitrogens with one attached hydrogen (secondary N) is 1. The van der Waals surface area contributed by atoms with E-state index in [2.05, 4.69) is 10.4 Å². The minimum atomic E-state index is 0. The highest BCUT2D eigenvalue weighted by atomic mass is 35.5. The van der Waals surface area contributed by atoms with Crippen molar-refractivity contribution in [3.8, 4) is 5.69 Å². The third-order valence-electron chi connectivity index (χ3n) is 5.60. The molecule has 1 aromatic heterocycles. The summed E-state index contributed by atoms with van der Waals surface area (Å²) in [7, 11) is 0. The molecule has 8 heteroatoms. The van der Waals surface area contributed by atoms with Crippen LogP contribution in [0.1, 0.15) is 24.8 Å². The lowest BCUT2D eigenvalue weighted by molar-refractivity contribution is -0.140. The Labute approximate surface area is 177 Å². The standard InChI is InChI=1S/C21H27N5O2.ClH/c27-20(9-8-17-13-23-26(15-17)18-5-2-1-3-6-18)24-11-4-7-19(16-24)25-12-10-22-14-21(25)28;/h1-3,5-6,13,15,19,22H,4,7-12,14,16H2;1H. The highest BCUT2D eigenvalue weighted by molar-refractivity contribution is 5.85. The van der Waals surface area contributed by atoms with Crippen molar-refractivity contribution in [2.45, 2.75) is 31.7 Å². The van der Waals surface area contributed by atoms with Crippen LogP contribution < -0.4 is 5.32 Å². The quantitative estimate of drug-likeness (QED) is 0.803. The molecule has 0 radical (unpaired) electrons. The fraction of sp³-hybridized carbons (Fsp3) is 0.476. The molecule has 0 aliphatic carbocycles. The summed E-state index contributed by atoms with van der Waals surface area (Å²) in [6.45, 7) is 3.44. The number of benzene rings is 1. The average molecular weight is 418 g/mol. The molecular formula is C21H28ClN5O2. The average Bonchev–Trinajstić information content (AvgIpc) is 3.22. The van der Waals surface area contributed by atoms with E-state index in [4.69, 9.17) is 0 Å². The first-order valence-corrected chi connectivity index (χ1v) is 10.1. The molecule has 0 saturated carbocycles. The molecule has 3 heterocycles. The van der Waals surface area contributed by atoms with Crippen molar-refractivity contribution in [2.75, 3.05) is 32.7 Å². The first-order valence-electron chi connectivity index (χ1n) is 10.1. The third-order valence-corrected chi connectivity index (χ3v) is 5.60. The van der Waals surface area contributed by atoms with Crippen LogP contribution in [0.25, 0.3) is 5.69 Å². The van der Waals surface area contributed by atoms with Crippen LogP contribution in [0.3, 0.4) is 0 Å². The van der Waals surface area contributed by atoms with Gasteiger partial charge in [0, 0.05) is 44.8 Å². The summed E-state index contributed by atoms with van der Waals surface area (Å²) in [5, 5.41) is 7.51. The van der Waals surface area contributed by atoms with Crippen molar-refractivity contribution < 1.29 is 9.59 Å². The minimum absolute atomic E-state index is 0. The Morgan fingerprint density at radius 2 is 2.03 bits per heavy atom. The van der Waals surface area contributed by atoms with Crippen LogP contribution in [0.15, 0.2) is 42.7 Å². The lowest BCUT2D eigenvalue weighted by Gasteiger charge is -2.41. The van der Waals surface area contributed by atoms with Gasteiger partial charge in [0.05, 0.1) is 18.4 Å². The summed E-state index contributed by atoms with van der Waals surface area (Å²) < 4.78 is 1.84. The molecule has 4 rings (SSSR count). The molecule has 1 aromatic carbocycles. The van der Waals surface area contributed by atoms with Gasteiger partial charge in [-0.2, -0.15) is 5.10 Å². The van der Waals surface area contributed by atoms with Crippen molar-refractivity contribution >= 4 is 24.2 Å². The molecule has 2 aromatic rings. The van der Waals surface area contributed by atoms with Gasteiger partial charge < -0.3 is 15.1 Å². The number of hydrogen-bond acceptors (Lipinski definition) is 4. The van der Waals surface area contributed by atoms with Gasteiger partial charge in [0.25, 0.3) is 0 Å². The largest absolute Gasteiger partial charge is 0.341 e. The first kappa shape index (κ1) is 21.3. The van der Waals surface area contributed by atoms with Crippen molar-refractivity contribution in [2.24, 2.45) is 0 Å². The van der Waals surface area contributed by atoms with Crippen molar-refractivity contribution in [1.29, 1.82) is 0 Å². The molecule has 2 saturated heterocycles. The van der Waals surface area contributed by atoms with Crippen LogP contribution in [0, 0.1) is 0 Å². The molecule has 1 N–H and O–H groups in total. The molecule has 0 bridgehead atoms. The summed E-state index contributed by atoms with van der Waals surface area (Å²) in [5.74, 6) is 0.318. The predicted molar refractivity (Wildman–Crippen MR) is 113 cm³/mol. The van der Waals surface area contributed by atoms with Crippen LogP contribution in [0.5, 0.6) is 0 Å². The fourth-order valence-corrected chi connectivity index (χ4v) is 4.06. The van der Waals surface area contributed by atoms with Gasteiger partial charge in [0.1, 0.15) is 0 Å². The SMILES string of the molecule is Cl.O=C(CCc1cnn(-c2ccccc2)c1)N1CCCC(N2CCNCC2=O)C1. The van der Waals surface area contributed by atoms with Crippen LogP contribution >= 0.6 is 12.4 Å². The minimum Gasteiger partial charge on any atom is -0.341 e. The lowest BCUT2D eigenvalue weighted by Crippen LogP contribution is -2.57. The molecule has 29 heavy (non-hydrogen) atoms.